The van der Waals surface area contributed by atoms with Gasteiger partial charge in [-0.1, -0.05) is 17.7 Å². The van der Waals surface area contributed by atoms with Gasteiger partial charge in [0.25, 0.3) is 0 Å². The van der Waals surface area contributed by atoms with Crippen molar-refractivity contribution < 1.29 is 22.7 Å². The van der Waals surface area contributed by atoms with Gasteiger partial charge in [-0.2, -0.15) is 0 Å². The molecule has 0 unspecified atom stereocenters. The Morgan fingerprint density at radius 2 is 2.00 bits per heavy atom. The van der Waals surface area contributed by atoms with Crippen molar-refractivity contribution >= 4 is 33.4 Å². The predicted molar refractivity (Wildman–Crippen MR) is 67.9 cm³/mol. The second kappa shape index (κ2) is 6.14. The topological polar surface area (TPSA) is 104 Å². The van der Waals surface area contributed by atoms with Crippen LogP contribution in [0.2, 0.25) is 5.02 Å². The zero-order valence-corrected chi connectivity index (χ0v) is 11.6. The van der Waals surface area contributed by atoms with Gasteiger partial charge in [-0.15, -0.1) is 0 Å². The summed E-state index contributed by atoms with van der Waals surface area (Å²) in [6.45, 7) is 1.18. The number of rotatable bonds is 5. The van der Waals surface area contributed by atoms with Crippen LogP contribution in [0.4, 0.5) is 0 Å². The summed E-state index contributed by atoms with van der Waals surface area (Å²) in [5.41, 5.74) is 0.495. The van der Waals surface area contributed by atoms with Crippen molar-refractivity contribution in [3.63, 3.8) is 0 Å². The van der Waals surface area contributed by atoms with Crippen LogP contribution in [-0.2, 0) is 31.0 Å². The van der Waals surface area contributed by atoms with E-state index in [1.165, 1.54) is 25.1 Å². The molecule has 0 amide bonds. The molecule has 1 rings (SSSR count). The smallest absolute Gasteiger partial charge is 0.313 e. The fourth-order valence-corrected chi connectivity index (χ4v) is 2.40. The first-order valence-corrected chi connectivity index (χ1v) is 7.09. The summed E-state index contributed by atoms with van der Waals surface area (Å²) in [4.78, 5) is 21.6. The Kier molecular flexibility index (Phi) is 5.04. The minimum Gasteiger partial charge on any atom is -0.460 e. The average molecular weight is 306 g/mol. The van der Waals surface area contributed by atoms with Crippen LogP contribution in [0, 0.1) is 0 Å². The lowest BCUT2D eigenvalue weighted by Gasteiger charge is -2.06. The summed E-state index contributed by atoms with van der Waals surface area (Å²) in [7, 11) is -3.88. The SMILES string of the molecule is CC(=O)CC(=O)OCc1ccc(S(N)(=O)=O)c(Cl)c1. The number of benzene rings is 1. The molecule has 0 heterocycles. The Morgan fingerprint density at radius 1 is 1.37 bits per heavy atom. The molecule has 6 nitrogen and oxygen atoms in total. The van der Waals surface area contributed by atoms with Crippen LogP contribution < -0.4 is 5.14 Å². The highest BCUT2D eigenvalue weighted by Gasteiger charge is 2.13. The van der Waals surface area contributed by atoms with Crippen molar-refractivity contribution in [2.75, 3.05) is 0 Å². The van der Waals surface area contributed by atoms with E-state index in [2.05, 4.69) is 0 Å². The maximum atomic E-state index is 11.1. The molecule has 0 radical (unpaired) electrons. The molecule has 0 saturated heterocycles. The number of Topliss-reactive ketones (excluding diaryl/α,β-unsaturated/α-hetero) is 1. The Morgan fingerprint density at radius 3 is 2.47 bits per heavy atom. The lowest BCUT2D eigenvalue weighted by atomic mass is 10.2. The van der Waals surface area contributed by atoms with Crippen LogP contribution in [0.5, 0.6) is 0 Å². The molecule has 0 bridgehead atoms. The maximum Gasteiger partial charge on any atom is 0.313 e. The largest absolute Gasteiger partial charge is 0.460 e. The van der Waals surface area contributed by atoms with Gasteiger partial charge in [0.05, 0.1) is 5.02 Å². The highest BCUT2D eigenvalue weighted by Crippen LogP contribution is 2.21. The van der Waals surface area contributed by atoms with E-state index < -0.39 is 16.0 Å². The number of esters is 1. The molecule has 2 N–H and O–H groups in total. The van der Waals surface area contributed by atoms with Crippen LogP contribution >= 0.6 is 11.6 Å². The minimum absolute atomic E-state index is 0.0531. The summed E-state index contributed by atoms with van der Waals surface area (Å²) in [6.07, 6.45) is -0.303. The monoisotopic (exact) mass is 305 g/mol. The van der Waals surface area contributed by atoms with Crippen LogP contribution in [0.15, 0.2) is 23.1 Å². The zero-order chi connectivity index (χ0) is 14.6. The first-order chi connectivity index (χ1) is 8.70. The van der Waals surface area contributed by atoms with Crippen LogP contribution in [0.25, 0.3) is 0 Å². The van der Waals surface area contributed by atoms with E-state index in [1.807, 2.05) is 0 Å². The Bertz CT molecular complexity index is 612. The van der Waals surface area contributed by atoms with E-state index in [0.29, 0.717) is 5.56 Å². The van der Waals surface area contributed by atoms with E-state index in [4.69, 9.17) is 21.5 Å². The normalized spacial score (nSPS) is 11.1. The molecule has 0 aromatic heterocycles. The number of halogens is 1. The molecule has 19 heavy (non-hydrogen) atoms. The first-order valence-electron chi connectivity index (χ1n) is 5.16. The van der Waals surface area contributed by atoms with Gasteiger partial charge in [0, 0.05) is 0 Å². The summed E-state index contributed by atoms with van der Waals surface area (Å²) in [5, 5.41) is 4.90. The molecule has 104 valence electrons. The van der Waals surface area contributed by atoms with E-state index in [1.54, 1.807) is 0 Å². The quantitative estimate of drug-likeness (QED) is 0.646. The van der Waals surface area contributed by atoms with Gasteiger partial charge in [0.1, 0.15) is 23.7 Å². The van der Waals surface area contributed by atoms with Crippen molar-refractivity contribution in [3.8, 4) is 0 Å². The summed E-state index contributed by atoms with van der Waals surface area (Å²) in [5.74, 6) is -0.952. The number of primary sulfonamides is 1. The number of hydrogen-bond donors (Lipinski definition) is 1. The Labute approximate surface area is 115 Å². The van der Waals surface area contributed by atoms with E-state index in [-0.39, 0.29) is 28.7 Å². The van der Waals surface area contributed by atoms with E-state index in [9.17, 15) is 18.0 Å². The van der Waals surface area contributed by atoms with Gasteiger partial charge in [-0.25, -0.2) is 13.6 Å². The Balaban J connectivity index is 2.75. The average Bonchev–Trinajstić information content (AvgIpc) is 2.23. The van der Waals surface area contributed by atoms with Gasteiger partial charge >= 0.3 is 5.97 Å². The number of ether oxygens (including phenoxy) is 1. The molecule has 8 heteroatoms. The zero-order valence-electron chi connectivity index (χ0n) is 10.1. The van der Waals surface area contributed by atoms with Crippen molar-refractivity contribution in [3.05, 3.63) is 28.8 Å². The molecule has 1 aromatic rings. The fraction of sp³-hybridized carbons (Fsp3) is 0.273. The third-order valence-corrected chi connectivity index (χ3v) is 3.49. The fourth-order valence-electron chi connectivity index (χ4n) is 1.28. The molecular weight excluding hydrogens is 294 g/mol. The second-order valence-corrected chi connectivity index (χ2v) is 5.79. The van der Waals surface area contributed by atoms with Crippen molar-refractivity contribution in [2.24, 2.45) is 5.14 Å². The van der Waals surface area contributed by atoms with Gasteiger partial charge < -0.3 is 4.74 Å². The molecule has 0 atom stereocenters. The highest BCUT2D eigenvalue weighted by molar-refractivity contribution is 7.89. The number of carbonyl (C=O) groups excluding carboxylic acids is 2. The maximum absolute atomic E-state index is 11.1. The lowest BCUT2D eigenvalue weighted by Crippen LogP contribution is -2.13. The summed E-state index contributed by atoms with van der Waals surface area (Å²) >= 11 is 5.76. The number of nitrogens with two attached hydrogens (primary N) is 1. The van der Waals surface area contributed by atoms with Crippen LogP contribution in [-0.4, -0.2) is 20.2 Å². The predicted octanol–water partition coefficient (Wildman–Crippen LogP) is 1.01. The third-order valence-electron chi connectivity index (χ3n) is 2.10. The molecule has 0 saturated carbocycles. The molecule has 0 spiro atoms. The summed E-state index contributed by atoms with van der Waals surface area (Å²) in [6, 6.07) is 3.99. The number of carbonyl (C=O) groups is 2. The number of hydrogen-bond acceptors (Lipinski definition) is 5. The number of sulfonamides is 1. The lowest BCUT2D eigenvalue weighted by molar-refractivity contribution is -0.146. The van der Waals surface area contributed by atoms with Crippen LogP contribution in [0.1, 0.15) is 18.9 Å². The van der Waals surface area contributed by atoms with Gasteiger partial charge in [0.2, 0.25) is 10.0 Å². The van der Waals surface area contributed by atoms with Gasteiger partial charge in [0.15, 0.2) is 0 Å². The van der Waals surface area contributed by atoms with E-state index in [0.717, 1.165) is 0 Å². The minimum atomic E-state index is -3.88. The highest BCUT2D eigenvalue weighted by atomic mass is 35.5. The van der Waals surface area contributed by atoms with Crippen molar-refractivity contribution in [1.29, 1.82) is 0 Å². The molecular formula is C11H12ClNO5S. The summed E-state index contributed by atoms with van der Waals surface area (Å²) < 4.78 is 27.1. The Hall–Kier alpha value is -1.44. The second-order valence-electron chi connectivity index (χ2n) is 3.85. The third kappa shape index (κ3) is 4.98. The van der Waals surface area contributed by atoms with Gasteiger partial charge in [-0.3, -0.25) is 9.59 Å². The molecule has 0 aliphatic heterocycles. The van der Waals surface area contributed by atoms with Crippen LogP contribution in [0.3, 0.4) is 0 Å². The van der Waals surface area contributed by atoms with Crippen molar-refractivity contribution in [2.45, 2.75) is 24.8 Å². The standard InChI is InChI=1S/C11H12ClNO5S/c1-7(14)4-11(15)18-6-8-2-3-10(9(12)5-8)19(13,16)17/h2-3,5H,4,6H2,1H3,(H2,13,16,17). The molecule has 0 fully saturated rings. The van der Waals surface area contributed by atoms with E-state index >= 15 is 0 Å². The van der Waals surface area contributed by atoms with Gasteiger partial charge in [-0.05, 0) is 24.6 Å². The number of ketones is 1. The first kappa shape index (κ1) is 15.6. The molecule has 0 aliphatic rings. The van der Waals surface area contributed by atoms with Crippen molar-refractivity contribution in [1.82, 2.24) is 0 Å². The molecule has 0 aliphatic carbocycles. The molecule has 1 aromatic carbocycles.